The van der Waals surface area contributed by atoms with Crippen molar-refractivity contribution in [2.24, 2.45) is 5.10 Å². The average Bonchev–Trinajstić information content (AvgIpc) is 2.70. The smallest absolute Gasteiger partial charge is 0.344 e. The summed E-state index contributed by atoms with van der Waals surface area (Å²) < 4.78 is 15.5. The van der Waals surface area contributed by atoms with E-state index in [2.05, 4.69) is 20.5 Å². The van der Waals surface area contributed by atoms with Crippen LogP contribution in [-0.4, -0.2) is 54.1 Å². The number of halogens is 1. The second-order valence-electron chi connectivity index (χ2n) is 6.14. The molecule has 2 rings (SSSR count). The van der Waals surface area contributed by atoms with E-state index in [0.29, 0.717) is 16.5 Å². The van der Waals surface area contributed by atoms with Crippen LogP contribution in [0.15, 0.2) is 28.5 Å². The predicted molar refractivity (Wildman–Crippen MR) is 118 cm³/mol. The zero-order chi connectivity index (χ0) is 22.8. The number of thioether (sulfide) groups is 1. The van der Waals surface area contributed by atoms with E-state index >= 15 is 0 Å². The van der Waals surface area contributed by atoms with Crippen molar-refractivity contribution >= 4 is 41.5 Å². The number of methoxy groups -OCH3 is 1. The second kappa shape index (κ2) is 12.1. The van der Waals surface area contributed by atoms with Gasteiger partial charge < -0.3 is 14.2 Å². The quantitative estimate of drug-likeness (QED) is 0.187. The lowest BCUT2D eigenvalue weighted by Crippen LogP contribution is -2.19. The summed E-state index contributed by atoms with van der Waals surface area (Å²) in [5, 5.41) is 4.68. The fraction of sp³-hybridized carbons (Fsp3) is 0.350. The van der Waals surface area contributed by atoms with Gasteiger partial charge in [0.2, 0.25) is 0 Å². The standard InChI is InChI=1S/C20H23ClN4O5S/c1-5-29-18(27)10-30-19-15(21)7-14(8-16(19)28-4)9-22-25-17(26)11-31-20-23-12(2)6-13(3)24-20/h6-9H,5,10-11H2,1-4H3,(H,25,26)/b22-9-. The highest BCUT2D eigenvalue weighted by atomic mass is 35.5. The average molecular weight is 467 g/mol. The number of esters is 1. The number of ether oxygens (including phenoxy) is 3. The monoisotopic (exact) mass is 466 g/mol. The minimum Gasteiger partial charge on any atom is -0.493 e. The van der Waals surface area contributed by atoms with Crippen LogP contribution < -0.4 is 14.9 Å². The molecule has 1 N–H and O–H groups in total. The molecule has 0 bridgehead atoms. The van der Waals surface area contributed by atoms with Gasteiger partial charge in [0, 0.05) is 11.4 Å². The Morgan fingerprint density at radius 3 is 2.58 bits per heavy atom. The first kappa shape index (κ1) is 24.4. The van der Waals surface area contributed by atoms with Crippen molar-refractivity contribution in [1.82, 2.24) is 15.4 Å². The van der Waals surface area contributed by atoms with Crippen molar-refractivity contribution in [2.75, 3.05) is 26.1 Å². The first-order valence-corrected chi connectivity index (χ1v) is 10.6. The van der Waals surface area contributed by atoms with Crippen LogP contribution in [0.3, 0.4) is 0 Å². The van der Waals surface area contributed by atoms with E-state index in [-0.39, 0.29) is 35.6 Å². The van der Waals surface area contributed by atoms with Crippen molar-refractivity contribution < 1.29 is 23.8 Å². The summed E-state index contributed by atoms with van der Waals surface area (Å²) in [4.78, 5) is 32.0. The van der Waals surface area contributed by atoms with Crippen LogP contribution in [-0.2, 0) is 14.3 Å². The molecular formula is C20H23ClN4O5S. The number of rotatable bonds is 10. The fourth-order valence-electron chi connectivity index (χ4n) is 2.39. The first-order chi connectivity index (χ1) is 14.8. The molecule has 0 aliphatic rings. The van der Waals surface area contributed by atoms with Crippen LogP contribution in [0.5, 0.6) is 11.5 Å². The Morgan fingerprint density at radius 1 is 1.23 bits per heavy atom. The topological polar surface area (TPSA) is 112 Å². The van der Waals surface area contributed by atoms with E-state index in [4.69, 9.17) is 25.8 Å². The largest absolute Gasteiger partial charge is 0.493 e. The lowest BCUT2D eigenvalue weighted by Gasteiger charge is -2.12. The number of amides is 1. The molecule has 0 radical (unpaired) electrons. The molecule has 1 aromatic heterocycles. The molecule has 1 aromatic carbocycles. The number of hydrogen-bond acceptors (Lipinski definition) is 9. The van der Waals surface area contributed by atoms with Gasteiger partial charge in [0.15, 0.2) is 23.3 Å². The number of nitrogens with one attached hydrogen (secondary N) is 1. The Labute approximate surface area is 189 Å². The van der Waals surface area contributed by atoms with Gasteiger partial charge in [-0.05, 0) is 44.5 Å². The molecule has 0 aliphatic heterocycles. The maximum Gasteiger partial charge on any atom is 0.344 e. The molecule has 11 heteroatoms. The van der Waals surface area contributed by atoms with E-state index in [9.17, 15) is 9.59 Å². The third kappa shape index (κ3) is 8.06. The summed E-state index contributed by atoms with van der Waals surface area (Å²) >= 11 is 7.46. The Bertz CT molecular complexity index is 951. The Morgan fingerprint density at radius 2 is 1.94 bits per heavy atom. The van der Waals surface area contributed by atoms with Gasteiger partial charge in [-0.1, -0.05) is 23.4 Å². The van der Waals surface area contributed by atoms with Gasteiger partial charge in [0.25, 0.3) is 5.91 Å². The minimum atomic E-state index is -0.516. The van der Waals surface area contributed by atoms with Crippen molar-refractivity contribution in [1.29, 1.82) is 0 Å². The predicted octanol–water partition coefficient (Wildman–Crippen LogP) is 2.94. The molecule has 1 heterocycles. The van der Waals surface area contributed by atoms with Crippen molar-refractivity contribution in [3.05, 3.63) is 40.2 Å². The summed E-state index contributed by atoms with van der Waals surface area (Å²) in [7, 11) is 1.44. The number of benzene rings is 1. The summed E-state index contributed by atoms with van der Waals surface area (Å²) in [6.07, 6.45) is 1.42. The van der Waals surface area contributed by atoms with Gasteiger partial charge in [-0.3, -0.25) is 4.79 Å². The van der Waals surface area contributed by atoms with Gasteiger partial charge in [0.1, 0.15) is 0 Å². The van der Waals surface area contributed by atoms with Gasteiger partial charge >= 0.3 is 5.97 Å². The lowest BCUT2D eigenvalue weighted by atomic mass is 10.2. The highest BCUT2D eigenvalue weighted by Gasteiger charge is 2.14. The molecule has 0 atom stereocenters. The van der Waals surface area contributed by atoms with E-state index in [1.807, 2.05) is 19.9 Å². The molecule has 0 saturated heterocycles. The summed E-state index contributed by atoms with van der Waals surface area (Å²) in [6.45, 7) is 5.40. The molecule has 0 spiro atoms. The number of nitrogens with zero attached hydrogens (tertiary/aromatic N) is 3. The number of aromatic nitrogens is 2. The maximum atomic E-state index is 12.0. The number of carbonyl (C=O) groups is 2. The molecule has 0 fully saturated rings. The molecular weight excluding hydrogens is 444 g/mol. The molecule has 0 saturated carbocycles. The zero-order valence-corrected chi connectivity index (χ0v) is 19.2. The number of hydrazone groups is 1. The summed E-state index contributed by atoms with van der Waals surface area (Å²) in [5.41, 5.74) is 4.68. The molecule has 31 heavy (non-hydrogen) atoms. The van der Waals surface area contributed by atoms with Crippen LogP contribution >= 0.6 is 23.4 Å². The van der Waals surface area contributed by atoms with E-state index < -0.39 is 5.97 Å². The Hall–Kier alpha value is -2.85. The van der Waals surface area contributed by atoms with Crippen LogP contribution in [0, 0.1) is 13.8 Å². The Kier molecular flexibility index (Phi) is 9.54. The molecule has 0 aliphatic carbocycles. The number of carbonyl (C=O) groups excluding carboxylic acids is 2. The van der Waals surface area contributed by atoms with Crippen LogP contribution in [0.1, 0.15) is 23.9 Å². The highest BCUT2D eigenvalue weighted by molar-refractivity contribution is 7.99. The van der Waals surface area contributed by atoms with E-state index in [1.165, 1.54) is 25.1 Å². The van der Waals surface area contributed by atoms with E-state index in [1.54, 1.807) is 19.1 Å². The zero-order valence-electron chi connectivity index (χ0n) is 17.6. The van der Waals surface area contributed by atoms with Gasteiger partial charge in [-0.25, -0.2) is 20.2 Å². The van der Waals surface area contributed by atoms with E-state index in [0.717, 1.165) is 11.4 Å². The fourth-order valence-corrected chi connectivity index (χ4v) is 3.40. The molecule has 166 valence electrons. The summed E-state index contributed by atoms with van der Waals surface area (Å²) in [6, 6.07) is 5.04. The normalized spacial score (nSPS) is 10.7. The number of hydrogen-bond donors (Lipinski definition) is 1. The van der Waals surface area contributed by atoms with Crippen molar-refractivity contribution in [3.63, 3.8) is 0 Å². The first-order valence-electron chi connectivity index (χ1n) is 9.25. The van der Waals surface area contributed by atoms with Crippen molar-refractivity contribution in [2.45, 2.75) is 25.9 Å². The SMILES string of the molecule is CCOC(=O)COc1c(Cl)cc(/C=N\NC(=O)CSc2nc(C)cc(C)n2)cc1OC. The van der Waals surface area contributed by atoms with Gasteiger partial charge in [0.05, 0.1) is 30.7 Å². The van der Waals surface area contributed by atoms with Gasteiger partial charge in [-0.15, -0.1) is 0 Å². The second-order valence-corrected chi connectivity index (χ2v) is 7.49. The molecule has 9 nitrogen and oxygen atoms in total. The lowest BCUT2D eigenvalue weighted by molar-refractivity contribution is -0.145. The third-order valence-corrected chi connectivity index (χ3v) is 4.72. The van der Waals surface area contributed by atoms with Gasteiger partial charge in [-0.2, -0.15) is 5.10 Å². The van der Waals surface area contributed by atoms with Crippen molar-refractivity contribution in [3.8, 4) is 11.5 Å². The Balaban J connectivity index is 1.94. The number of aryl methyl sites for hydroxylation is 2. The third-order valence-electron chi connectivity index (χ3n) is 3.59. The molecule has 0 unspecified atom stereocenters. The molecule has 2 aromatic rings. The highest BCUT2D eigenvalue weighted by Crippen LogP contribution is 2.36. The van der Waals surface area contributed by atoms with Crippen LogP contribution in [0.25, 0.3) is 0 Å². The van der Waals surface area contributed by atoms with Crippen LogP contribution in [0.2, 0.25) is 5.02 Å². The minimum absolute atomic E-state index is 0.116. The van der Waals surface area contributed by atoms with Crippen LogP contribution in [0.4, 0.5) is 0 Å². The maximum absolute atomic E-state index is 12.0. The summed E-state index contributed by atoms with van der Waals surface area (Å²) in [5.74, 6) is -0.185. The molecule has 1 amide bonds.